The average Bonchev–Trinajstić information content (AvgIpc) is 3.00. The van der Waals surface area contributed by atoms with Crippen LogP contribution in [0.4, 0.5) is 5.69 Å². The van der Waals surface area contributed by atoms with E-state index in [4.69, 9.17) is 32.4 Å². The van der Waals surface area contributed by atoms with Gasteiger partial charge in [0, 0.05) is 12.1 Å². The number of rotatable bonds is 6. The molecule has 116 valence electrons. The van der Waals surface area contributed by atoms with Crippen molar-refractivity contribution in [2.75, 3.05) is 11.9 Å². The number of halogens is 2. The Morgan fingerprint density at radius 3 is 2.68 bits per heavy atom. The molecule has 0 aliphatic carbocycles. The second-order valence-electron chi connectivity index (χ2n) is 4.42. The number of nitrogens with one attached hydrogen (secondary N) is 1. The van der Waals surface area contributed by atoms with E-state index in [-0.39, 0.29) is 13.0 Å². The van der Waals surface area contributed by atoms with Crippen LogP contribution in [-0.2, 0) is 20.7 Å². The van der Waals surface area contributed by atoms with Crippen LogP contribution in [0, 0.1) is 0 Å². The maximum atomic E-state index is 11.7. The number of carbonyl (C=O) groups excluding carboxylic acids is 2. The van der Waals surface area contributed by atoms with Crippen molar-refractivity contribution in [2.24, 2.45) is 0 Å². The Labute approximate surface area is 137 Å². The number of anilines is 1. The summed E-state index contributed by atoms with van der Waals surface area (Å²) in [5, 5.41) is 3.28. The highest BCUT2D eigenvalue weighted by molar-refractivity contribution is 6.42. The predicted molar refractivity (Wildman–Crippen MR) is 83.1 cm³/mol. The third-order valence-electron chi connectivity index (χ3n) is 2.72. The quantitative estimate of drug-likeness (QED) is 0.813. The van der Waals surface area contributed by atoms with Gasteiger partial charge < -0.3 is 14.5 Å². The molecule has 0 radical (unpaired) electrons. The molecule has 0 fully saturated rings. The van der Waals surface area contributed by atoms with E-state index < -0.39 is 11.9 Å². The summed E-state index contributed by atoms with van der Waals surface area (Å²) < 4.78 is 9.98. The molecule has 2 aromatic rings. The first-order valence-corrected chi connectivity index (χ1v) is 7.23. The predicted octanol–water partition coefficient (Wildman–Crippen LogP) is 3.70. The second kappa shape index (κ2) is 7.87. The van der Waals surface area contributed by atoms with Crippen LogP contribution in [-0.4, -0.2) is 18.5 Å². The second-order valence-corrected chi connectivity index (χ2v) is 5.23. The van der Waals surface area contributed by atoms with Crippen molar-refractivity contribution >= 4 is 40.8 Å². The molecule has 0 aliphatic heterocycles. The van der Waals surface area contributed by atoms with Gasteiger partial charge in [-0.2, -0.15) is 0 Å². The van der Waals surface area contributed by atoms with E-state index in [0.717, 1.165) is 0 Å². The zero-order valence-corrected chi connectivity index (χ0v) is 13.0. The molecule has 1 amide bonds. The van der Waals surface area contributed by atoms with Gasteiger partial charge in [0.05, 0.1) is 22.7 Å². The SMILES string of the molecule is O=C(COC(=O)CCc1ccco1)Nc1ccc(Cl)c(Cl)c1. The summed E-state index contributed by atoms with van der Waals surface area (Å²) in [5.74, 6) is -0.234. The molecule has 1 aromatic heterocycles. The maximum absolute atomic E-state index is 11.7. The number of esters is 1. The summed E-state index contributed by atoms with van der Waals surface area (Å²) in [6.07, 6.45) is 2.11. The number of benzene rings is 1. The molecular weight excluding hydrogens is 329 g/mol. The number of hydrogen-bond acceptors (Lipinski definition) is 4. The molecule has 7 heteroatoms. The van der Waals surface area contributed by atoms with E-state index in [1.807, 2.05) is 0 Å². The topological polar surface area (TPSA) is 68.5 Å². The van der Waals surface area contributed by atoms with E-state index in [9.17, 15) is 9.59 Å². The molecule has 0 aliphatic rings. The van der Waals surface area contributed by atoms with Crippen molar-refractivity contribution in [3.8, 4) is 0 Å². The number of carbonyl (C=O) groups is 2. The lowest BCUT2D eigenvalue weighted by molar-refractivity contribution is -0.147. The summed E-state index contributed by atoms with van der Waals surface area (Å²) in [6, 6.07) is 8.19. The molecule has 1 heterocycles. The van der Waals surface area contributed by atoms with Gasteiger partial charge in [0.1, 0.15) is 5.76 Å². The van der Waals surface area contributed by atoms with Crippen LogP contribution in [0.3, 0.4) is 0 Å². The van der Waals surface area contributed by atoms with Crippen molar-refractivity contribution < 1.29 is 18.7 Å². The van der Waals surface area contributed by atoms with Crippen LogP contribution in [0.2, 0.25) is 10.0 Å². The first-order valence-electron chi connectivity index (χ1n) is 6.47. The van der Waals surface area contributed by atoms with Gasteiger partial charge in [0.15, 0.2) is 6.61 Å². The lowest BCUT2D eigenvalue weighted by atomic mass is 10.2. The van der Waals surface area contributed by atoms with E-state index in [2.05, 4.69) is 5.32 Å². The van der Waals surface area contributed by atoms with Gasteiger partial charge in [-0.15, -0.1) is 0 Å². The van der Waals surface area contributed by atoms with Crippen molar-refractivity contribution in [1.82, 2.24) is 0 Å². The highest BCUT2D eigenvalue weighted by Crippen LogP contribution is 2.24. The van der Waals surface area contributed by atoms with E-state index in [0.29, 0.717) is 27.9 Å². The Kier molecular flexibility index (Phi) is 5.86. The van der Waals surface area contributed by atoms with Gasteiger partial charge in [0.2, 0.25) is 0 Å². The van der Waals surface area contributed by atoms with Crippen molar-refractivity contribution in [2.45, 2.75) is 12.8 Å². The Hall–Kier alpha value is -1.98. The van der Waals surface area contributed by atoms with Crippen LogP contribution >= 0.6 is 23.2 Å². The molecule has 2 rings (SSSR count). The number of ether oxygens (including phenoxy) is 1. The van der Waals surface area contributed by atoms with Gasteiger partial charge in [-0.3, -0.25) is 9.59 Å². The molecule has 22 heavy (non-hydrogen) atoms. The van der Waals surface area contributed by atoms with Crippen LogP contribution in [0.1, 0.15) is 12.2 Å². The first kappa shape index (κ1) is 16.4. The summed E-state index contributed by atoms with van der Waals surface area (Å²) in [6.45, 7) is -0.364. The van der Waals surface area contributed by atoms with Crippen LogP contribution in [0.25, 0.3) is 0 Å². The number of furan rings is 1. The van der Waals surface area contributed by atoms with Crippen molar-refractivity contribution in [1.29, 1.82) is 0 Å². The van der Waals surface area contributed by atoms with Gasteiger partial charge in [-0.05, 0) is 30.3 Å². The molecule has 0 atom stereocenters. The third-order valence-corrected chi connectivity index (χ3v) is 3.46. The molecular formula is C15H13Cl2NO4. The zero-order chi connectivity index (χ0) is 15.9. The van der Waals surface area contributed by atoms with Gasteiger partial charge in [-0.1, -0.05) is 23.2 Å². The summed E-state index contributed by atoms with van der Waals surface area (Å²) in [5.41, 5.74) is 0.478. The highest BCUT2D eigenvalue weighted by Gasteiger charge is 2.09. The number of aryl methyl sites for hydroxylation is 1. The van der Waals surface area contributed by atoms with Gasteiger partial charge >= 0.3 is 5.97 Å². The molecule has 1 aromatic carbocycles. The fourth-order valence-electron chi connectivity index (χ4n) is 1.67. The van der Waals surface area contributed by atoms with E-state index >= 15 is 0 Å². The first-order chi connectivity index (χ1) is 10.5. The molecule has 5 nitrogen and oxygen atoms in total. The number of amides is 1. The molecule has 0 bridgehead atoms. The Morgan fingerprint density at radius 2 is 2.00 bits per heavy atom. The Morgan fingerprint density at radius 1 is 1.18 bits per heavy atom. The zero-order valence-electron chi connectivity index (χ0n) is 11.5. The van der Waals surface area contributed by atoms with Crippen LogP contribution in [0.15, 0.2) is 41.0 Å². The summed E-state index contributed by atoms with van der Waals surface area (Å²) >= 11 is 11.6. The average molecular weight is 342 g/mol. The lowest BCUT2D eigenvalue weighted by Crippen LogP contribution is -2.21. The van der Waals surface area contributed by atoms with Crippen LogP contribution in [0.5, 0.6) is 0 Å². The number of hydrogen-bond donors (Lipinski definition) is 1. The van der Waals surface area contributed by atoms with Crippen molar-refractivity contribution in [3.05, 3.63) is 52.4 Å². The minimum atomic E-state index is -0.472. The van der Waals surface area contributed by atoms with Gasteiger partial charge in [0.25, 0.3) is 5.91 Å². The Balaban J connectivity index is 1.72. The summed E-state index contributed by atoms with van der Waals surface area (Å²) in [4.78, 5) is 23.2. The standard InChI is InChI=1S/C15H13Cl2NO4/c16-12-5-3-10(8-13(12)17)18-14(19)9-22-15(20)6-4-11-2-1-7-21-11/h1-3,5,7-8H,4,6,9H2,(H,18,19). The maximum Gasteiger partial charge on any atom is 0.306 e. The van der Waals surface area contributed by atoms with E-state index in [1.165, 1.54) is 12.3 Å². The van der Waals surface area contributed by atoms with Crippen molar-refractivity contribution in [3.63, 3.8) is 0 Å². The van der Waals surface area contributed by atoms with Crippen LogP contribution < -0.4 is 5.32 Å². The smallest absolute Gasteiger partial charge is 0.306 e. The lowest BCUT2D eigenvalue weighted by Gasteiger charge is -2.07. The largest absolute Gasteiger partial charge is 0.469 e. The summed E-state index contributed by atoms with van der Waals surface area (Å²) in [7, 11) is 0. The monoisotopic (exact) mass is 341 g/mol. The third kappa shape index (κ3) is 5.09. The molecule has 0 saturated heterocycles. The molecule has 0 unspecified atom stereocenters. The minimum Gasteiger partial charge on any atom is -0.469 e. The normalized spacial score (nSPS) is 10.3. The fraction of sp³-hybridized carbons (Fsp3) is 0.200. The molecule has 1 N–H and O–H groups in total. The molecule has 0 spiro atoms. The minimum absolute atomic E-state index is 0.146. The fourth-order valence-corrected chi connectivity index (χ4v) is 1.97. The molecule has 0 saturated carbocycles. The highest BCUT2D eigenvalue weighted by atomic mass is 35.5. The van der Waals surface area contributed by atoms with Gasteiger partial charge in [-0.25, -0.2) is 0 Å². The van der Waals surface area contributed by atoms with E-state index in [1.54, 1.807) is 24.3 Å². The Bertz CT molecular complexity index is 656.